The van der Waals surface area contributed by atoms with Gasteiger partial charge in [-0.2, -0.15) is 5.10 Å². The van der Waals surface area contributed by atoms with Gasteiger partial charge in [0.05, 0.1) is 11.6 Å². The standard InChI is InChI=1S/C17H24N6O/c1-3-21(4-2)16-8-7-14(10-19-16)17(24)22-9-5-6-15(11-22)23-13-18-12-20-23/h7-8,10,12-13,15H,3-6,9,11H2,1-2H3/t15-/m1/s1. The van der Waals surface area contributed by atoms with Gasteiger partial charge in [0.1, 0.15) is 18.5 Å². The molecule has 7 nitrogen and oxygen atoms in total. The first-order chi connectivity index (χ1) is 11.7. The van der Waals surface area contributed by atoms with Gasteiger partial charge in [0.2, 0.25) is 0 Å². The molecule has 0 saturated carbocycles. The molecule has 3 heterocycles. The lowest BCUT2D eigenvalue weighted by molar-refractivity contribution is 0.0672. The number of amides is 1. The highest BCUT2D eigenvalue weighted by Crippen LogP contribution is 2.22. The Balaban J connectivity index is 1.69. The molecule has 0 aliphatic carbocycles. The van der Waals surface area contributed by atoms with Crippen molar-refractivity contribution in [2.45, 2.75) is 32.7 Å². The lowest BCUT2D eigenvalue weighted by Gasteiger charge is -2.32. The Morgan fingerprint density at radius 2 is 2.17 bits per heavy atom. The third-order valence-electron chi connectivity index (χ3n) is 4.58. The molecular formula is C17H24N6O. The van der Waals surface area contributed by atoms with Crippen molar-refractivity contribution in [1.82, 2.24) is 24.6 Å². The van der Waals surface area contributed by atoms with Crippen LogP contribution in [0.5, 0.6) is 0 Å². The second-order valence-electron chi connectivity index (χ2n) is 6.00. The van der Waals surface area contributed by atoms with Gasteiger partial charge in [-0.3, -0.25) is 4.79 Å². The fraction of sp³-hybridized carbons (Fsp3) is 0.529. The minimum Gasteiger partial charge on any atom is -0.357 e. The third kappa shape index (κ3) is 3.39. The second kappa shape index (κ2) is 7.42. The molecule has 2 aromatic heterocycles. The summed E-state index contributed by atoms with van der Waals surface area (Å²) < 4.78 is 1.85. The molecule has 0 N–H and O–H groups in total. The van der Waals surface area contributed by atoms with Crippen molar-refractivity contribution in [3.8, 4) is 0 Å². The molecule has 0 unspecified atom stereocenters. The van der Waals surface area contributed by atoms with Crippen LogP contribution in [0.3, 0.4) is 0 Å². The number of piperidine rings is 1. The Labute approximate surface area is 142 Å². The molecule has 24 heavy (non-hydrogen) atoms. The monoisotopic (exact) mass is 328 g/mol. The Kier molecular flexibility index (Phi) is 5.08. The number of likely N-dealkylation sites (tertiary alicyclic amines) is 1. The molecule has 1 fully saturated rings. The number of pyridine rings is 1. The first kappa shape index (κ1) is 16.4. The molecular weight excluding hydrogens is 304 g/mol. The first-order valence-corrected chi connectivity index (χ1v) is 8.57. The van der Waals surface area contributed by atoms with Crippen LogP contribution in [-0.2, 0) is 0 Å². The zero-order chi connectivity index (χ0) is 16.9. The van der Waals surface area contributed by atoms with Crippen molar-refractivity contribution in [2.75, 3.05) is 31.1 Å². The van der Waals surface area contributed by atoms with Crippen molar-refractivity contribution in [3.05, 3.63) is 36.5 Å². The molecule has 0 aromatic carbocycles. The van der Waals surface area contributed by atoms with Crippen molar-refractivity contribution in [2.24, 2.45) is 0 Å². The molecule has 3 rings (SSSR count). The fourth-order valence-corrected chi connectivity index (χ4v) is 3.19. The summed E-state index contributed by atoms with van der Waals surface area (Å²) in [5.74, 6) is 0.953. The zero-order valence-electron chi connectivity index (χ0n) is 14.3. The van der Waals surface area contributed by atoms with Crippen molar-refractivity contribution < 1.29 is 4.79 Å². The van der Waals surface area contributed by atoms with Crippen LogP contribution in [0.15, 0.2) is 31.0 Å². The molecule has 128 valence electrons. The van der Waals surface area contributed by atoms with Crippen LogP contribution in [0, 0.1) is 0 Å². The average molecular weight is 328 g/mol. The molecule has 7 heteroatoms. The zero-order valence-corrected chi connectivity index (χ0v) is 14.3. The van der Waals surface area contributed by atoms with E-state index in [4.69, 9.17) is 0 Å². The van der Waals surface area contributed by atoms with Crippen LogP contribution in [0.1, 0.15) is 43.1 Å². The summed E-state index contributed by atoms with van der Waals surface area (Å²) >= 11 is 0. The molecule has 1 saturated heterocycles. The lowest BCUT2D eigenvalue weighted by Crippen LogP contribution is -2.40. The molecule has 2 aromatic rings. The van der Waals surface area contributed by atoms with E-state index in [9.17, 15) is 4.79 Å². The average Bonchev–Trinajstić information content (AvgIpc) is 3.18. The molecule has 1 aliphatic rings. The van der Waals surface area contributed by atoms with E-state index in [1.54, 1.807) is 12.5 Å². The lowest BCUT2D eigenvalue weighted by atomic mass is 10.1. The SMILES string of the molecule is CCN(CC)c1ccc(C(=O)N2CCC[C@@H](n3cncn3)C2)cn1. The quantitative estimate of drug-likeness (QED) is 0.840. The summed E-state index contributed by atoms with van der Waals surface area (Å²) in [7, 11) is 0. The Hall–Kier alpha value is -2.44. The van der Waals surface area contributed by atoms with Gasteiger partial charge in [-0.1, -0.05) is 0 Å². The molecule has 1 aliphatic heterocycles. The molecule has 0 radical (unpaired) electrons. The summed E-state index contributed by atoms with van der Waals surface area (Å²) in [4.78, 5) is 25.3. The minimum absolute atomic E-state index is 0.0402. The van der Waals surface area contributed by atoms with Gasteiger partial charge in [0, 0.05) is 32.4 Å². The van der Waals surface area contributed by atoms with Gasteiger partial charge in [0.25, 0.3) is 5.91 Å². The maximum Gasteiger partial charge on any atom is 0.255 e. The number of anilines is 1. The molecule has 0 bridgehead atoms. The number of hydrogen-bond donors (Lipinski definition) is 0. The van der Waals surface area contributed by atoms with Gasteiger partial charge >= 0.3 is 0 Å². The Morgan fingerprint density at radius 1 is 1.33 bits per heavy atom. The maximum atomic E-state index is 12.8. The van der Waals surface area contributed by atoms with Crippen molar-refractivity contribution in [3.63, 3.8) is 0 Å². The number of rotatable bonds is 5. The molecule has 1 amide bonds. The van der Waals surface area contributed by atoms with Gasteiger partial charge in [-0.05, 0) is 38.8 Å². The Bertz CT molecular complexity index is 650. The highest BCUT2D eigenvalue weighted by atomic mass is 16.2. The predicted molar refractivity (Wildman–Crippen MR) is 92.0 cm³/mol. The normalized spacial score (nSPS) is 17.8. The summed E-state index contributed by atoms with van der Waals surface area (Å²) in [5.41, 5.74) is 0.644. The van der Waals surface area contributed by atoms with Crippen LogP contribution < -0.4 is 4.90 Å². The number of aromatic nitrogens is 4. The van der Waals surface area contributed by atoms with E-state index >= 15 is 0 Å². The van der Waals surface area contributed by atoms with E-state index in [0.29, 0.717) is 12.1 Å². The minimum atomic E-state index is 0.0402. The second-order valence-corrected chi connectivity index (χ2v) is 6.00. The van der Waals surface area contributed by atoms with Gasteiger partial charge in [0.15, 0.2) is 0 Å². The number of carbonyl (C=O) groups excluding carboxylic acids is 1. The van der Waals surface area contributed by atoms with Crippen molar-refractivity contribution >= 4 is 11.7 Å². The summed E-state index contributed by atoms with van der Waals surface area (Å²) in [6, 6.07) is 4.01. The predicted octanol–water partition coefficient (Wildman–Crippen LogP) is 2.00. The van der Waals surface area contributed by atoms with Crippen LogP contribution in [-0.4, -0.2) is 56.7 Å². The smallest absolute Gasteiger partial charge is 0.255 e. The maximum absolute atomic E-state index is 12.8. The molecule has 1 atom stereocenters. The van der Waals surface area contributed by atoms with E-state index < -0.39 is 0 Å². The largest absolute Gasteiger partial charge is 0.357 e. The first-order valence-electron chi connectivity index (χ1n) is 8.57. The van der Waals surface area contributed by atoms with Gasteiger partial charge < -0.3 is 9.80 Å². The third-order valence-corrected chi connectivity index (χ3v) is 4.58. The van der Waals surface area contributed by atoms with Crippen LogP contribution >= 0.6 is 0 Å². The Morgan fingerprint density at radius 3 is 2.79 bits per heavy atom. The van der Waals surface area contributed by atoms with Gasteiger partial charge in [-0.25, -0.2) is 14.6 Å². The van der Waals surface area contributed by atoms with Crippen LogP contribution in [0.2, 0.25) is 0 Å². The van der Waals surface area contributed by atoms with E-state index in [1.807, 2.05) is 21.7 Å². The summed E-state index contributed by atoms with van der Waals surface area (Å²) in [6.07, 6.45) is 6.94. The fourth-order valence-electron chi connectivity index (χ4n) is 3.19. The van der Waals surface area contributed by atoms with Crippen LogP contribution in [0.25, 0.3) is 0 Å². The highest BCUT2D eigenvalue weighted by molar-refractivity contribution is 5.94. The highest BCUT2D eigenvalue weighted by Gasteiger charge is 2.26. The summed E-state index contributed by atoms with van der Waals surface area (Å²) in [6.45, 7) is 7.46. The number of hydrogen-bond acceptors (Lipinski definition) is 5. The van der Waals surface area contributed by atoms with E-state index in [2.05, 4.69) is 33.8 Å². The van der Waals surface area contributed by atoms with Gasteiger partial charge in [-0.15, -0.1) is 0 Å². The van der Waals surface area contributed by atoms with Crippen LogP contribution in [0.4, 0.5) is 5.82 Å². The van der Waals surface area contributed by atoms with E-state index in [1.165, 1.54) is 6.33 Å². The number of nitrogens with zero attached hydrogens (tertiary/aromatic N) is 6. The number of carbonyl (C=O) groups is 1. The summed E-state index contributed by atoms with van der Waals surface area (Å²) in [5, 5.41) is 4.21. The van der Waals surface area contributed by atoms with Crippen molar-refractivity contribution in [1.29, 1.82) is 0 Å². The van der Waals surface area contributed by atoms with E-state index in [0.717, 1.165) is 38.3 Å². The van der Waals surface area contributed by atoms with E-state index in [-0.39, 0.29) is 11.9 Å². The molecule has 0 spiro atoms. The topological polar surface area (TPSA) is 67.2 Å².